The predicted molar refractivity (Wildman–Crippen MR) is 98.3 cm³/mol. The zero-order chi connectivity index (χ0) is 18.4. The van der Waals surface area contributed by atoms with Gasteiger partial charge < -0.3 is 14.8 Å². The van der Waals surface area contributed by atoms with Crippen molar-refractivity contribution in [2.24, 2.45) is 5.92 Å². The third-order valence-corrected chi connectivity index (χ3v) is 4.42. The molecular weight excluding hydrogens is 354 g/mol. The van der Waals surface area contributed by atoms with Crippen LogP contribution in [0.5, 0.6) is 5.75 Å². The van der Waals surface area contributed by atoms with Crippen LogP contribution in [0.15, 0.2) is 48.5 Å². The van der Waals surface area contributed by atoms with E-state index >= 15 is 0 Å². The number of nitrogens with one attached hydrogen (secondary N) is 1. The number of fused-ring (bicyclic) bond motifs is 1. The molecule has 0 aromatic heterocycles. The number of halogens is 1. The van der Waals surface area contributed by atoms with Crippen molar-refractivity contribution in [2.75, 3.05) is 19.8 Å². The molecule has 5 nitrogen and oxygen atoms in total. The van der Waals surface area contributed by atoms with Crippen LogP contribution in [0.25, 0.3) is 0 Å². The standard InChI is InChI=1S/C20H20ClNO4/c21-17-6-7-18-15(11-17)10-16(12-25-18)20(24)26-13-19(23)22-9-8-14-4-2-1-3-5-14/h1-7,11,16H,8-10,12-13H2,(H,22,23). The van der Waals surface area contributed by atoms with E-state index in [1.54, 1.807) is 18.2 Å². The van der Waals surface area contributed by atoms with E-state index in [0.29, 0.717) is 18.0 Å². The lowest BCUT2D eigenvalue weighted by Crippen LogP contribution is -2.34. The van der Waals surface area contributed by atoms with Crippen molar-refractivity contribution < 1.29 is 19.1 Å². The predicted octanol–water partition coefficient (Wildman–Crippen LogP) is 2.79. The minimum absolute atomic E-state index is 0.239. The number of rotatable bonds is 6. The van der Waals surface area contributed by atoms with Crippen LogP contribution in [0.4, 0.5) is 0 Å². The summed E-state index contributed by atoms with van der Waals surface area (Å²) in [6.07, 6.45) is 1.22. The Morgan fingerprint density at radius 2 is 2.00 bits per heavy atom. The van der Waals surface area contributed by atoms with Gasteiger partial charge in [-0.25, -0.2) is 0 Å². The fraction of sp³-hybridized carbons (Fsp3) is 0.300. The van der Waals surface area contributed by atoms with Gasteiger partial charge >= 0.3 is 5.97 Å². The molecule has 0 saturated heterocycles. The summed E-state index contributed by atoms with van der Waals surface area (Å²) >= 11 is 5.97. The highest BCUT2D eigenvalue weighted by molar-refractivity contribution is 6.30. The molecule has 3 rings (SSSR count). The highest BCUT2D eigenvalue weighted by atomic mass is 35.5. The summed E-state index contributed by atoms with van der Waals surface area (Å²) in [6, 6.07) is 15.2. The molecule has 0 fully saturated rings. The topological polar surface area (TPSA) is 64.6 Å². The number of carbonyl (C=O) groups excluding carboxylic acids is 2. The molecule has 136 valence electrons. The molecule has 1 N–H and O–H groups in total. The molecule has 2 aromatic rings. The van der Waals surface area contributed by atoms with Gasteiger partial charge in [0, 0.05) is 11.6 Å². The molecule has 1 amide bonds. The molecule has 0 saturated carbocycles. The normalized spacial score (nSPS) is 15.5. The second-order valence-electron chi connectivity index (χ2n) is 6.16. The third-order valence-electron chi connectivity index (χ3n) is 4.19. The number of amides is 1. The van der Waals surface area contributed by atoms with Crippen molar-refractivity contribution in [3.63, 3.8) is 0 Å². The maximum absolute atomic E-state index is 12.2. The van der Waals surface area contributed by atoms with Gasteiger partial charge in [-0.1, -0.05) is 41.9 Å². The van der Waals surface area contributed by atoms with E-state index in [4.69, 9.17) is 21.1 Å². The van der Waals surface area contributed by atoms with Crippen molar-refractivity contribution in [1.29, 1.82) is 0 Å². The van der Waals surface area contributed by atoms with Gasteiger partial charge in [-0.3, -0.25) is 9.59 Å². The lowest BCUT2D eigenvalue weighted by Gasteiger charge is -2.24. The zero-order valence-corrected chi connectivity index (χ0v) is 15.0. The fourth-order valence-electron chi connectivity index (χ4n) is 2.81. The Morgan fingerprint density at radius 1 is 1.19 bits per heavy atom. The number of hydrogen-bond acceptors (Lipinski definition) is 4. The Balaban J connectivity index is 1.40. The van der Waals surface area contributed by atoms with Crippen molar-refractivity contribution >= 4 is 23.5 Å². The number of ether oxygens (including phenoxy) is 2. The lowest BCUT2D eigenvalue weighted by molar-refractivity contribution is -0.153. The van der Waals surface area contributed by atoms with E-state index in [9.17, 15) is 9.59 Å². The first-order chi connectivity index (χ1) is 12.6. The highest BCUT2D eigenvalue weighted by Gasteiger charge is 2.27. The minimum atomic E-state index is -0.436. The number of benzene rings is 2. The molecule has 0 spiro atoms. The number of esters is 1. The van der Waals surface area contributed by atoms with E-state index < -0.39 is 11.9 Å². The molecule has 0 radical (unpaired) electrons. The first-order valence-corrected chi connectivity index (χ1v) is 8.88. The minimum Gasteiger partial charge on any atom is -0.492 e. The summed E-state index contributed by atoms with van der Waals surface area (Å²) in [5.41, 5.74) is 2.01. The molecule has 2 aromatic carbocycles. The van der Waals surface area contributed by atoms with E-state index in [1.165, 1.54) is 0 Å². The molecule has 0 aliphatic carbocycles. The Hall–Kier alpha value is -2.53. The van der Waals surface area contributed by atoms with Crippen molar-refractivity contribution in [2.45, 2.75) is 12.8 Å². The summed E-state index contributed by atoms with van der Waals surface area (Å²) in [4.78, 5) is 24.0. The lowest BCUT2D eigenvalue weighted by atomic mass is 9.97. The van der Waals surface area contributed by atoms with Gasteiger partial charge in [0.15, 0.2) is 6.61 Å². The van der Waals surface area contributed by atoms with Crippen molar-refractivity contribution in [1.82, 2.24) is 5.32 Å². The van der Waals surface area contributed by atoms with Gasteiger partial charge in [0.25, 0.3) is 5.91 Å². The second kappa shape index (κ2) is 8.72. The SMILES string of the molecule is O=C(COC(=O)C1COc2ccc(Cl)cc2C1)NCCc1ccccc1. The van der Waals surface area contributed by atoms with Crippen LogP contribution in [-0.2, 0) is 27.2 Å². The average Bonchev–Trinajstić information content (AvgIpc) is 2.66. The van der Waals surface area contributed by atoms with Gasteiger partial charge in [-0.2, -0.15) is 0 Å². The molecule has 0 bridgehead atoms. The monoisotopic (exact) mass is 373 g/mol. The second-order valence-corrected chi connectivity index (χ2v) is 6.59. The Morgan fingerprint density at radius 3 is 2.81 bits per heavy atom. The summed E-state index contributed by atoms with van der Waals surface area (Å²) in [7, 11) is 0. The Kier molecular flexibility index (Phi) is 6.12. The number of hydrogen-bond donors (Lipinski definition) is 1. The van der Waals surface area contributed by atoms with Gasteiger partial charge in [0.2, 0.25) is 0 Å². The summed E-state index contributed by atoms with van der Waals surface area (Å²) in [6.45, 7) is 0.453. The summed E-state index contributed by atoms with van der Waals surface area (Å²) in [5.74, 6) is -0.446. The molecule has 6 heteroatoms. The van der Waals surface area contributed by atoms with Gasteiger partial charge in [0.1, 0.15) is 12.4 Å². The van der Waals surface area contributed by atoms with Crippen LogP contribution in [0.1, 0.15) is 11.1 Å². The molecule has 1 aliphatic heterocycles. The van der Waals surface area contributed by atoms with Crippen LogP contribution in [0.2, 0.25) is 5.02 Å². The van der Waals surface area contributed by atoms with Gasteiger partial charge in [0.05, 0.1) is 5.92 Å². The van der Waals surface area contributed by atoms with Crippen LogP contribution in [-0.4, -0.2) is 31.6 Å². The summed E-state index contributed by atoms with van der Waals surface area (Å²) in [5, 5.41) is 3.34. The molecule has 1 unspecified atom stereocenters. The Bertz CT molecular complexity index is 779. The van der Waals surface area contributed by atoms with Crippen LogP contribution >= 0.6 is 11.6 Å². The Labute approximate surface area is 157 Å². The van der Waals surface area contributed by atoms with E-state index in [1.807, 2.05) is 30.3 Å². The first-order valence-electron chi connectivity index (χ1n) is 8.50. The van der Waals surface area contributed by atoms with Gasteiger partial charge in [-0.15, -0.1) is 0 Å². The first kappa shape index (κ1) is 18.3. The highest BCUT2D eigenvalue weighted by Crippen LogP contribution is 2.30. The quantitative estimate of drug-likeness (QED) is 0.791. The molecule has 26 heavy (non-hydrogen) atoms. The zero-order valence-electron chi connectivity index (χ0n) is 14.2. The summed E-state index contributed by atoms with van der Waals surface area (Å²) < 4.78 is 10.7. The largest absolute Gasteiger partial charge is 0.492 e. The molecular formula is C20H20ClNO4. The van der Waals surface area contributed by atoms with E-state index in [2.05, 4.69) is 5.32 Å². The van der Waals surface area contributed by atoms with Crippen LogP contribution in [0.3, 0.4) is 0 Å². The van der Waals surface area contributed by atoms with Crippen LogP contribution in [0, 0.1) is 5.92 Å². The maximum Gasteiger partial charge on any atom is 0.313 e. The number of carbonyl (C=O) groups is 2. The maximum atomic E-state index is 12.2. The smallest absolute Gasteiger partial charge is 0.313 e. The molecule has 1 aliphatic rings. The average molecular weight is 374 g/mol. The van der Waals surface area contributed by atoms with Gasteiger partial charge in [-0.05, 0) is 42.2 Å². The van der Waals surface area contributed by atoms with Crippen LogP contribution < -0.4 is 10.1 Å². The molecule has 1 atom stereocenters. The third kappa shape index (κ3) is 4.99. The van der Waals surface area contributed by atoms with Crippen molar-refractivity contribution in [3.8, 4) is 5.75 Å². The fourth-order valence-corrected chi connectivity index (χ4v) is 3.01. The van der Waals surface area contributed by atoms with E-state index in [0.717, 1.165) is 23.3 Å². The van der Waals surface area contributed by atoms with E-state index in [-0.39, 0.29) is 19.1 Å². The molecule has 1 heterocycles. The van der Waals surface area contributed by atoms with Crippen molar-refractivity contribution in [3.05, 3.63) is 64.7 Å².